The molecule has 0 spiro atoms. The van der Waals surface area contributed by atoms with Gasteiger partial charge in [0.2, 0.25) is 0 Å². The van der Waals surface area contributed by atoms with E-state index in [1.807, 2.05) is 30.3 Å². The summed E-state index contributed by atoms with van der Waals surface area (Å²) in [6.45, 7) is 0. The molecule has 5 heteroatoms. The van der Waals surface area contributed by atoms with Crippen LogP contribution >= 0.6 is 23.2 Å². The first-order chi connectivity index (χ1) is 13.6. The highest BCUT2D eigenvalue weighted by atomic mass is 35.5. The first-order valence-electron chi connectivity index (χ1n) is 8.85. The number of hydrogen-bond acceptors (Lipinski definition) is 3. The van der Waals surface area contributed by atoms with Crippen molar-refractivity contribution in [2.45, 2.75) is 0 Å². The quantitative estimate of drug-likeness (QED) is 0.292. The average molecular weight is 409 g/mol. The summed E-state index contributed by atoms with van der Waals surface area (Å²) in [7, 11) is 5.02. The predicted octanol–water partition coefficient (Wildman–Crippen LogP) is 7.10. The van der Waals surface area contributed by atoms with Crippen molar-refractivity contribution in [3.63, 3.8) is 0 Å². The molecule has 0 N–H and O–H groups in total. The molecule has 0 aliphatic heterocycles. The molecule has 0 aliphatic carbocycles. The van der Waals surface area contributed by atoms with Crippen molar-refractivity contribution in [2.24, 2.45) is 0 Å². The second-order valence-corrected chi connectivity index (χ2v) is 7.88. The molecule has 0 saturated carbocycles. The number of benzene rings is 5. The second-order valence-electron chi connectivity index (χ2n) is 7.07. The van der Waals surface area contributed by atoms with Crippen molar-refractivity contribution in [1.29, 1.82) is 0 Å². The maximum atomic E-state index is 6.72. The van der Waals surface area contributed by atoms with Crippen LogP contribution in [0.25, 0.3) is 53.9 Å². The zero-order valence-electron chi connectivity index (χ0n) is 15.4. The van der Waals surface area contributed by atoms with E-state index in [0.717, 1.165) is 71.1 Å². The van der Waals surface area contributed by atoms with Gasteiger partial charge in [0, 0.05) is 63.9 Å². The molecular weight excluding hydrogens is 395 g/mol. The molecule has 6 aromatic rings. The summed E-state index contributed by atoms with van der Waals surface area (Å²) in [5.74, 6) is 2.30. The van der Waals surface area contributed by atoms with Gasteiger partial charge in [-0.15, -0.1) is 0 Å². The Morgan fingerprint density at radius 2 is 0.750 bits per heavy atom. The lowest BCUT2D eigenvalue weighted by Gasteiger charge is -2.13. The fraction of sp³-hybridized carbons (Fsp3) is 0.130. The SMILES string of the molecule is COc1cc2c(Cl)cc3c(OC)cc4c(OC)cc5c(Cl)cc1c1c2c3c4c51. The van der Waals surface area contributed by atoms with Crippen LogP contribution in [0.15, 0.2) is 30.3 Å². The topological polar surface area (TPSA) is 27.7 Å². The van der Waals surface area contributed by atoms with Crippen molar-refractivity contribution in [2.75, 3.05) is 21.3 Å². The van der Waals surface area contributed by atoms with Crippen LogP contribution in [0.3, 0.4) is 0 Å². The van der Waals surface area contributed by atoms with Crippen LogP contribution in [0.4, 0.5) is 0 Å². The number of ether oxygens (including phenoxy) is 3. The lowest BCUT2D eigenvalue weighted by Crippen LogP contribution is -1.90. The van der Waals surface area contributed by atoms with Gasteiger partial charge in [0.15, 0.2) is 0 Å². The van der Waals surface area contributed by atoms with Crippen LogP contribution in [0.1, 0.15) is 0 Å². The fourth-order valence-electron chi connectivity index (χ4n) is 4.83. The van der Waals surface area contributed by atoms with E-state index >= 15 is 0 Å². The van der Waals surface area contributed by atoms with E-state index in [4.69, 9.17) is 37.4 Å². The molecule has 0 saturated heterocycles. The molecule has 0 atom stereocenters. The smallest absolute Gasteiger partial charge is 0.127 e. The average Bonchev–Trinajstić information content (AvgIpc) is 3.06. The van der Waals surface area contributed by atoms with Crippen molar-refractivity contribution in [3.05, 3.63) is 40.4 Å². The number of rotatable bonds is 3. The molecule has 138 valence electrons. The van der Waals surface area contributed by atoms with Gasteiger partial charge in [-0.2, -0.15) is 0 Å². The van der Waals surface area contributed by atoms with Crippen LogP contribution in [-0.2, 0) is 0 Å². The van der Waals surface area contributed by atoms with E-state index in [2.05, 4.69) is 0 Å². The van der Waals surface area contributed by atoms with E-state index in [0.29, 0.717) is 10.0 Å². The zero-order valence-corrected chi connectivity index (χ0v) is 16.9. The Morgan fingerprint density at radius 1 is 0.464 bits per heavy atom. The van der Waals surface area contributed by atoms with Crippen LogP contribution in [0.2, 0.25) is 10.0 Å². The summed E-state index contributed by atoms with van der Waals surface area (Å²) in [4.78, 5) is 0. The Bertz CT molecular complexity index is 1500. The predicted molar refractivity (Wildman–Crippen MR) is 117 cm³/mol. The second kappa shape index (κ2) is 5.25. The van der Waals surface area contributed by atoms with Gasteiger partial charge in [-0.1, -0.05) is 23.2 Å². The van der Waals surface area contributed by atoms with Crippen LogP contribution < -0.4 is 14.2 Å². The van der Waals surface area contributed by atoms with Gasteiger partial charge >= 0.3 is 0 Å². The molecule has 0 amide bonds. The Kier molecular flexibility index (Phi) is 3.07. The standard InChI is InChI=1S/C23H14Cl2O3/c1-26-16-6-9-15(25)5-12-18(28-3)8-13-17(27-2)7-10-14(24)4-11(16)21-19(9)22(12)23(13)20(10)21/h4-8H,1-3H3. The third kappa shape index (κ3) is 1.68. The Labute approximate surface area is 170 Å². The van der Waals surface area contributed by atoms with Crippen molar-refractivity contribution >= 4 is 77.1 Å². The fourth-order valence-corrected chi connectivity index (χ4v) is 5.35. The van der Waals surface area contributed by atoms with Gasteiger partial charge in [0.1, 0.15) is 17.2 Å². The van der Waals surface area contributed by atoms with Gasteiger partial charge < -0.3 is 14.2 Å². The molecule has 0 heterocycles. The van der Waals surface area contributed by atoms with Gasteiger partial charge in [0.25, 0.3) is 0 Å². The lowest BCUT2D eigenvalue weighted by atomic mass is 9.98. The van der Waals surface area contributed by atoms with Gasteiger partial charge in [-0.05, 0) is 30.3 Å². The summed E-state index contributed by atoms with van der Waals surface area (Å²) in [5, 5.41) is 11.9. The molecule has 0 fully saturated rings. The van der Waals surface area contributed by atoms with Crippen LogP contribution in [0, 0.1) is 0 Å². The highest BCUT2D eigenvalue weighted by Crippen LogP contribution is 2.56. The molecule has 6 rings (SSSR count). The number of halogens is 2. The Hall–Kier alpha value is -2.62. The minimum Gasteiger partial charge on any atom is -0.496 e. The molecule has 0 unspecified atom stereocenters. The van der Waals surface area contributed by atoms with Crippen molar-refractivity contribution in [1.82, 2.24) is 0 Å². The van der Waals surface area contributed by atoms with Crippen LogP contribution in [0.5, 0.6) is 17.2 Å². The molecule has 6 aromatic carbocycles. The van der Waals surface area contributed by atoms with Gasteiger partial charge in [-0.25, -0.2) is 0 Å². The lowest BCUT2D eigenvalue weighted by molar-refractivity contribution is 0.415. The summed E-state index contributed by atoms with van der Waals surface area (Å²) >= 11 is 13.4. The summed E-state index contributed by atoms with van der Waals surface area (Å²) < 4.78 is 17.1. The largest absolute Gasteiger partial charge is 0.496 e. The van der Waals surface area contributed by atoms with Crippen molar-refractivity contribution < 1.29 is 14.2 Å². The molecule has 0 aliphatic rings. The maximum Gasteiger partial charge on any atom is 0.127 e. The summed E-state index contributed by atoms with van der Waals surface area (Å²) in [5.41, 5.74) is 0. The van der Waals surface area contributed by atoms with E-state index < -0.39 is 0 Å². The third-order valence-electron chi connectivity index (χ3n) is 5.94. The van der Waals surface area contributed by atoms with Crippen molar-refractivity contribution in [3.8, 4) is 17.2 Å². The molecule has 0 radical (unpaired) electrons. The third-order valence-corrected chi connectivity index (χ3v) is 6.56. The Morgan fingerprint density at radius 3 is 1.11 bits per heavy atom. The molecule has 0 aromatic heterocycles. The first kappa shape index (κ1) is 16.3. The minimum absolute atomic E-state index is 0.670. The van der Waals surface area contributed by atoms with Gasteiger partial charge in [0.05, 0.1) is 21.3 Å². The summed E-state index contributed by atoms with van der Waals surface area (Å²) in [6, 6.07) is 9.97. The molecule has 3 nitrogen and oxygen atoms in total. The molecule has 28 heavy (non-hydrogen) atoms. The van der Waals surface area contributed by atoms with E-state index in [1.165, 1.54) is 0 Å². The van der Waals surface area contributed by atoms with Gasteiger partial charge in [-0.3, -0.25) is 0 Å². The maximum absolute atomic E-state index is 6.72. The van der Waals surface area contributed by atoms with E-state index in [1.54, 1.807) is 21.3 Å². The minimum atomic E-state index is 0.670. The Balaban J connectivity index is 2.11. The highest BCUT2D eigenvalue weighted by Gasteiger charge is 2.27. The van der Waals surface area contributed by atoms with Crippen LogP contribution in [-0.4, -0.2) is 21.3 Å². The number of methoxy groups -OCH3 is 3. The molecule has 0 bridgehead atoms. The van der Waals surface area contributed by atoms with E-state index in [9.17, 15) is 0 Å². The highest BCUT2D eigenvalue weighted by molar-refractivity contribution is 6.51. The number of hydrogen-bond donors (Lipinski definition) is 0. The summed E-state index contributed by atoms with van der Waals surface area (Å²) in [6.07, 6.45) is 0. The zero-order chi connectivity index (χ0) is 19.3. The van der Waals surface area contributed by atoms with E-state index in [-0.39, 0.29) is 0 Å². The monoisotopic (exact) mass is 408 g/mol. The molecular formula is C23H14Cl2O3. The first-order valence-corrected chi connectivity index (χ1v) is 9.61. The normalized spacial score (nSPS) is 12.5.